The molecule has 0 fully saturated rings. The smallest absolute Gasteiger partial charge is 0.321 e. The molecule has 0 unspecified atom stereocenters. The first-order chi connectivity index (χ1) is 16.6. The van der Waals surface area contributed by atoms with Gasteiger partial charge in [-0.3, -0.25) is 19.8 Å². The van der Waals surface area contributed by atoms with Crippen LogP contribution in [-0.2, 0) is 9.59 Å². The van der Waals surface area contributed by atoms with Gasteiger partial charge in [-0.2, -0.15) is 0 Å². The van der Waals surface area contributed by atoms with Gasteiger partial charge in [0, 0.05) is 31.3 Å². The molecule has 3 N–H and O–H groups in total. The number of hydrogen-bond acceptors (Lipinski definition) is 3. The number of rotatable bonds is 4. The SMILES string of the molecule is Cc1cccc(NC(=O)C(=O)Nn2c(C(=O)Nc3cc(Cl)cc(Cl)c3)cc3cc(Br)ccc32)c1C. The van der Waals surface area contributed by atoms with Crippen LogP contribution in [0.25, 0.3) is 10.9 Å². The fraction of sp³-hybridized carbons (Fsp3) is 0.0800. The van der Waals surface area contributed by atoms with Gasteiger partial charge >= 0.3 is 11.8 Å². The Hall–Kier alpha value is -3.33. The Kier molecular flexibility index (Phi) is 7.16. The van der Waals surface area contributed by atoms with Gasteiger partial charge in [-0.15, -0.1) is 0 Å². The summed E-state index contributed by atoms with van der Waals surface area (Å²) in [6.07, 6.45) is 0. The largest absolute Gasteiger partial charge is 0.328 e. The third-order valence-electron chi connectivity index (χ3n) is 5.39. The number of halogens is 3. The van der Waals surface area contributed by atoms with Crippen molar-refractivity contribution in [1.29, 1.82) is 0 Å². The van der Waals surface area contributed by atoms with E-state index in [2.05, 4.69) is 32.0 Å². The molecule has 0 aliphatic rings. The summed E-state index contributed by atoms with van der Waals surface area (Å²) >= 11 is 15.5. The second kappa shape index (κ2) is 10.1. The second-order valence-corrected chi connectivity index (χ2v) is 9.61. The van der Waals surface area contributed by atoms with Gasteiger partial charge in [0.05, 0.1) is 5.52 Å². The van der Waals surface area contributed by atoms with E-state index in [1.807, 2.05) is 19.9 Å². The van der Waals surface area contributed by atoms with Crippen molar-refractivity contribution in [1.82, 2.24) is 4.68 Å². The molecule has 0 spiro atoms. The van der Waals surface area contributed by atoms with Crippen molar-refractivity contribution in [3.05, 3.63) is 92.0 Å². The van der Waals surface area contributed by atoms with E-state index in [9.17, 15) is 14.4 Å². The zero-order chi connectivity index (χ0) is 25.3. The van der Waals surface area contributed by atoms with Crippen molar-refractivity contribution >= 4 is 79.1 Å². The normalized spacial score (nSPS) is 10.8. The maximum Gasteiger partial charge on any atom is 0.328 e. The molecule has 35 heavy (non-hydrogen) atoms. The van der Waals surface area contributed by atoms with Gasteiger partial charge in [0.2, 0.25) is 0 Å². The summed E-state index contributed by atoms with van der Waals surface area (Å²) in [5.41, 5.74) is 5.89. The van der Waals surface area contributed by atoms with E-state index < -0.39 is 17.7 Å². The van der Waals surface area contributed by atoms with Gasteiger partial charge in [-0.25, -0.2) is 4.68 Å². The molecule has 0 saturated heterocycles. The van der Waals surface area contributed by atoms with E-state index in [1.54, 1.807) is 54.6 Å². The standard InChI is InChI=1S/C25H19BrCl2N4O3/c1-13-4-3-5-20(14(13)2)30-24(34)25(35)31-32-21-7-6-16(26)8-15(21)9-22(32)23(33)29-19-11-17(27)10-18(28)12-19/h3-12H,1-2H3,(H,29,33)(H,30,34)(H,31,35). The number of amides is 3. The first-order valence-electron chi connectivity index (χ1n) is 10.4. The number of benzene rings is 3. The van der Waals surface area contributed by atoms with E-state index in [0.717, 1.165) is 15.6 Å². The zero-order valence-corrected chi connectivity index (χ0v) is 21.7. The Bertz CT molecular complexity index is 1480. The number of fused-ring (bicyclic) bond motifs is 1. The van der Waals surface area contributed by atoms with E-state index >= 15 is 0 Å². The van der Waals surface area contributed by atoms with Crippen molar-refractivity contribution in [2.45, 2.75) is 13.8 Å². The van der Waals surface area contributed by atoms with Crippen LogP contribution in [0.5, 0.6) is 0 Å². The lowest BCUT2D eigenvalue weighted by atomic mass is 10.1. The van der Waals surface area contributed by atoms with Gasteiger partial charge in [0.25, 0.3) is 5.91 Å². The van der Waals surface area contributed by atoms with Crippen LogP contribution in [0.1, 0.15) is 21.6 Å². The highest BCUT2D eigenvalue weighted by Crippen LogP contribution is 2.26. The van der Waals surface area contributed by atoms with Crippen LogP contribution in [0.2, 0.25) is 10.0 Å². The summed E-state index contributed by atoms with van der Waals surface area (Å²) in [5.74, 6) is -2.34. The summed E-state index contributed by atoms with van der Waals surface area (Å²) < 4.78 is 2.06. The molecule has 178 valence electrons. The molecule has 0 atom stereocenters. The zero-order valence-electron chi connectivity index (χ0n) is 18.6. The maximum atomic E-state index is 13.2. The summed E-state index contributed by atoms with van der Waals surface area (Å²) in [7, 11) is 0. The lowest BCUT2D eigenvalue weighted by Gasteiger charge is -2.14. The lowest BCUT2D eigenvalue weighted by Crippen LogP contribution is -2.36. The quantitative estimate of drug-likeness (QED) is 0.251. The molecule has 0 saturated carbocycles. The molecule has 1 heterocycles. The minimum Gasteiger partial charge on any atom is -0.321 e. The van der Waals surface area contributed by atoms with Crippen LogP contribution in [0.3, 0.4) is 0 Å². The van der Waals surface area contributed by atoms with Crippen molar-refractivity contribution < 1.29 is 14.4 Å². The van der Waals surface area contributed by atoms with Crippen LogP contribution in [-0.4, -0.2) is 22.4 Å². The average Bonchev–Trinajstić information content (AvgIpc) is 3.13. The van der Waals surface area contributed by atoms with Gasteiger partial charge in [0.15, 0.2) is 0 Å². The second-order valence-electron chi connectivity index (χ2n) is 7.82. The molecule has 0 aliphatic heterocycles. The Labute approximate surface area is 219 Å². The fourth-order valence-corrected chi connectivity index (χ4v) is 4.42. The number of carbonyl (C=O) groups excluding carboxylic acids is 3. The average molecular weight is 574 g/mol. The Morgan fingerprint density at radius 2 is 1.57 bits per heavy atom. The molecule has 0 radical (unpaired) electrons. The number of aryl methyl sites for hydroxylation is 1. The van der Waals surface area contributed by atoms with Crippen LogP contribution in [0.15, 0.2) is 65.1 Å². The highest BCUT2D eigenvalue weighted by Gasteiger charge is 2.22. The van der Waals surface area contributed by atoms with E-state index in [1.165, 1.54) is 4.68 Å². The first-order valence-corrected chi connectivity index (χ1v) is 11.9. The molecular weight excluding hydrogens is 555 g/mol. The van der Waals surface area contributed by atoms with Crippen molar-refractivity contribution in [2.24, 2.45) is 0 Å². The summed E-state index contributed by atoms with van der Waals surface area (Å²) in [4.78, 5) is 38.6. The molecule has 3 aromatic carbocycles. The summed E-state index contributed by atoms with van der Waals surface area (Å²) in [6, 6.07) is 16.9. The number of hydrogen-bond donors (Lipinski definition) is 3. The van der Waals surface area contributed by atoms with Crippen LogP contribution >= 0.6 is 39.1 Å². The monoisotopic (exact) mass is 572 g/mol. The lowest BCUT2D eigenvalue weighted by molar-refractivity contribution is -0.133. The predicted octanol–water partition coefficient (Wildman–Crippen LogP) is 6.29. The molecule has 1 aromatic heterocycles. The van der Waals surface area contributed by atoms with E-state index in [-0.39, 0.29) is 5.69 Å². The topological polar surface area (TPSA) is 92.2 Å². The number of aromatic nitrogens is 1. The van der Waals surface area contributed by atoms with Crippen LogP contribution < -0.4 is 16.1 Å². The molecular formula is C25H19BrCl2N4O3. The van der Waals surface area contributed by atoms with Crippen molar-refractivity contribution in [3.8, 4) is 0 Å². The third-order valence-corrected chi connectivity index (χ3v) is 6.32. The van der Waals surface area contributed by atoms with Gasteiger partial charge in [-0.1, -0.05) is 51.3 Å². The van der Waals surface area contributed by atoms with Crippen LogP contribution in [0, 0.1) is 13.8 Å². The molecule has 0 aliphatic carbocycles. The Balaban J connectivity index is 1.64. The Morgan fingerprint density at radius 3 is 2.29 bits per heavy atom. The third kappa shape index (κ3) is 5.51. The minimum atomic E-state index is -0.939. The number of anilines is 2. The Morgan fingerprint density at radius 1 is 0.857 bits per heavy atom. The maximum absolute atomic E-state index is 13.2. The molecule has 4 aromatic rings. The molecule has 0 bridgehead atoms. The highest BCUT2D eigenvalue weighted by molar-refractivity contribution is 9.10. The summed E-state index contributed by atoms with van der Waals surface area (Å²) in [5, 5.41) is 6.72. The number of carbonyl (C=O) groups is 3. The summed E-state index contributed by atoms with van der Waals surface area (Å²) in [6.45, 7) is 3.76. The predicted molar refractivity (Wildman–Crippen MR) is 143 cm³/mol. The number of nitrogens with zero attached hydrogens (tertiary/aromatic N) is 1. The van der Waals surface area contributed by atoms with Crippen molar-refractivity contribution in [2.75, 3.05) is 16.1 Å². The minimum absolute atomic E-state index is 0.0992. The first kappa shape index (κ1) is 24.8. The fourth-order valence-electron chi connectivity index (χ4n) is 3.51. The molecule has 10 heteroatoms. The van der Waals surface area contributed by atoms with Crippen LogP contribution in [0.4, 0.5) is 11.4 Å². The van der Waals surface area contributed by atoms with Gasteiger partial charge < -0.3 is 10.6 Å². The van der Waals surface area contributed by atoms with Crippen molar-refractivity contribution in [3.63, 3.8) is 0 Å². The van der Waals surface area contributed by atoms with E-state index in [0.29, 0.717) is 32.3 Å². The molecule has 4 rings (SSSR count). The highest BCUT2D eigenvalue weighted by atomic mass is 79.9. The molecule has 3 amide bonds. The molecule has 7 nitrogen and oxygen atoms in total. The van der Waals surface area contributed by atoms with Gasteiger partial charge in [0.1, 0.15) is 5.69 Å². The van der Waals surface area contributed by atoms with E-state index in [4.69, 9.17) is 23.2 Å². The van der Waals surface area contributed by atoms with Gasteiger partial charge in [-0.05, 0) is 73.5 Å². The number of nitrogens with one attached hydrogen (secondary N) is 3.